The smallest absolute Gasteiger partial charge is 0.232 e. The van der Waals surface area contributed by atoms with E-state index in [0.29, 0.717) is 30.6 Å². The van der Waals surface area contributed by atoms with Gasteiger partial charge in [-0.2, -0.15) is 0 Å². The highest BCUT2D eigenvalue weighted by Gasteiger charge is 2.12. The maximum absolute atomic E-state index is 6.01. The molecule has 0 amide bonds. The zero-order valence-corrected chi connectivity index (χ0v) is 19.7. The molecule has 27 heavy (non-hydrogen) atoms. The third-order valence-corrected chi connectivity index (χ3v) is 4.93. The summed E-state index contributed by atoms with van der Waals surface area (Å²) >= 11 is 7.62. The van der Waals surface area contributed by atoms with Gasteiger partial charge < -0.3 is 19.7 Å². The van der Waals surface area contributed by atoms with Crippen LogP contribution in [-0.4, -0.2) is 55.2 Å². The number of methoxy groups -OCH3 is 1. The van der Waals surface area contributed by atoms with Gasteiger partial charge in [-0.3, -0.25) is 4.99 Å². The van der Waals surface area contributed by atoms with Crippen LogP contribution in [-0.2, 0) is 11.3 Å². The molecule has 0 aromatic carbocycles. The molecule has 0 bridgehead atoms. The molecule has 2 aromatic heterocycles. The van der Waals surface area contributed by atoms with E-state index < -0.39 is 0 Å². The lowest BCUT2D eigenvalue weighted by atomic mass is 10.4. The average Bonchev–Trinajstić information content (AvgIpc) is 3.10. The molecule has 0 aliphatic heterocycles. The predicted molar refractivity (Wildman–Crippen MR) is 121 cm³/mol. The second-order valence-electron chi connectivity index (χ2n) is 5.52. The Bertz CT molecular complexity index is 731. The van der Waals surface area contributed by atoms with Crippen molar-refractivity contribution in [1.82, 2.24) is 20.2 Å². The SMILES string of the molecule is CN=C(NCCOc1ncccc1Cl)N(C)Cc1csc(C(C)OC)n1.I. The van der Waals surface area contributed by atoms with Crippen molar-refractivity contribution in [2.45, 2.75) is 19.6 Å². The number of hydrogen-bond acceptors (Lipinski definition) is 6. The number of hydrogen-bond donors (Lipinski definition) is 1. The van der Waals surface area contributed by atoms with Crippen LogP contribution < -0.4 is 10.1 Å². The molecule has 150 valence electrons. The van der Waals surface area contributed by atoms with E-state index in [1.54, 1.807) is 43.8 Å². The van der Waals surface area contributed by atoms with E-state index >= 15 is 0 Å². The summed E-state index contributed by atoms with van der Waals surface area (Å²) in [6.07, 6.45) is 1.65. The van der Waals surface area contributed by atoms with Gasteiger partial charge in [-0.15, -0.1) is 35.3 Å². The first kappa shape index (κ1) is 23.9. The number of nitrogens with zero attached hydrogens (tertiary/aromatic N) is 4. The van der Waals surface area contributed by atoms with Crippen LogP contribution in [0.25, 0.3) is 0 Å². The summed E-state index contributed by atoms with van der Waals surface area (Å²) in [6.45, 7) is 3.64. The summed E-state index contributed by atoms with van der Waals surface area (Å²) in [4.78, 5) is 15.0. The van der Waals surface area contributed by atoms with Crippen molar-refractivity contribution in [3.05, 3.63) is 39.4 Å². The van der Waals surface area contributed by atoms with Gasteiger partial charge in [0.15, 0.2) is 5.96 Å². The maximum Gasteiger partial charge on any atom is 0.232 e. The third kappa shape index (κ3) is 7.40. The summed E-state index contributed by atoms with van der Waals surface area (Å²) in [5, 5.41) is 6.76. The van der Waals surface area contributed by atoms with Gasteiger partial charge in [0.25, 0.3) is 0 Å². The van der Waals surface area contributed by atoms with Crippen molar-refractivity contribution in [3.8, 4) is 5.88 Å². The van der Waals surface area contributed by atoms with E-state index in [9.17, 15) is 0 Å². The van der Waals surface area contributed by atoms with Crippen LogP contribution in [0.2, 0.25) is 5.02 Å². The highest BCUT2D eigenvalue weighted by atomic mass is 127. The summed E-state index contributed by atoms with van der Waals surface area (Å²) in [7, 11) is 5.39. The molecule has 1 N–H and O–H groups in total. The molecule has 7 nitrogen and oxygen atoms in total. The molecular formula is C17H25ClIN5O2S. The first-order chi connectivity index (χ1) is 12.5. The highest BCUT2D eigenvalue weighted by molar-refractivity contribution is 14.0. The van der Waals surface area contributed by atoms with Gasteiger partial charge in [-0.1, -0.05) is 11.6 Å². The lowest BCUT2D eigenvalue weighted by Crippen LogP contribution is -2.40. The van der Waals surface area contributed by atoms with Gasteiger partial charge in [0.1, 0.15) is 22.7 Å². The standard InChI is InChI=1S/C17H24ClN5O2S.HI/c1-12(24-4)16-22-13(11-26-16)10-23(3)17(19-2)21-8-9-25-15-14(18)6-5-7-20-15;/h5-7,11-12H,8-10H2,1-4H3,(H,19,21);1H. The molecule has 0 saturated carbocycles. The molecule has 0 aliphatic rings. The Kier molecular flexibility index (Phi) is 10.9. The normalized spacial score (nSPS) is 12.3. The molecule has 1 unspecified atom stereocenters. The Labute approximate surface area is 186 Å². The monoisotopic (exact) mass is 525 g/mol. The quantitative estimate of drug-likeness (QED) is 0.246. The molecule has 0 radical (unpaired) electrons. The van der Waals surface area contributed by atoms with Crippen LogP contribution in [0.1, 0.15) is 23.7 Å². The number of nitrogens with one attached hydrogen (secondary N) is 1. The van der Waals surface area contributed by atoms with Crippen LogP contribution in [0.5, 0.6) is 5.88 Å². The van der Waals surface area contributed by atoms with E-state index in [-0.39, 0.29) is 30.1 Å². The Balaban J connectivity index is 0.00000364. The van der Waals surface area contributed by atoms with Gasteiger partial charge in [0.2, 0.25) is 5.88 Å². The van der Waals surface area contributed by atoms with Crippen LogP contribution in [0.15, 0.2) is 28.7 Å². The average molecular weight is 526 g/mol. The maximum atomic E-state index is 6.01. The number of pyridine rings is 1. The van der Waals surface area contributed by atoms with E-state index in [1.807, 2.05) is 24.3 Å². The fourth-order valence-corrected chi connectivity index (χ4v) is 3.19. The van der Waals surface area contributed by atoms with Crippen LogP contribution in [0, 0.1) is 0 Å². The number of aliphatic imine (C=N–C) groups is 1. The zero-order valence-electron chi connectivity index (χ0n) is 15.8. The topological polar surface area (TPSA) is 71.9 Å². The summed E-state index contributed by atoms with van der Waals surface area (Å²) in [5.74, 6) is 1.19. The minimum atomic E-state index is 0. The summed E-state index contributed by atoms with van der Waals surface area (Å²) < 4.78 is 10.9. The molecule has 0 spiro atoms. The number of thiazole rings is 1. The number of aromatic nitrogens is 2. The first-order valence-corrected chi connectivity index (χ1v) is 9.43. The number of rotatable bonds is 8. The van der Waals surface area contributed by atoms with Crippen molar-refractivity contribution in [1.29, 1.82) is 0 Å². The van der Waals surface area contributed by atoms with E-state index in [2.05, 4.69) is 20.3 Å². The zero-order chi connectivity index (χ0) is 18.9. The van der Waals surface area contributed by atoms with Crippen LogP contribution >= 0.6 is 46.9 Å². The molecule has 2 rings (SSSR count). The second kappa shape index (κ2) is 12.3. The molecule has 2 aromatic rings. The number of guanidine groups is 1. The van der Waals surface area contributed by atoms with Crippen molar-refractivity contribution < 1.29 is 9.47 Å². The van der Waals surface area contributed by atoms with Gasteiger partial charge in [0, 0.05) is 32.8 Å². The Hall–Kier alpha value is -1.17. The molecular weight excluding hydrogens is 501 g/mol. The summed E-state index contributed by atoms with van der Waals surface area (Å²) in [6, 6.07) is 3.51. The predicted octanol–water partition coefficient (Wildman–Crippen LogP) is 3.60. The lowest BCUT2D eigenvalue weighted by molar-refractivity contribution is 0.119. The minimum absolute atomic E-state index is 0. The lowest BCUT2D eigenvalue weighted by Gasteiger charge is -2.21. The number of ether oxygens (including phenoxy) is 2. The first-order valence-electron chi connectivity index (χ1n) is 8.17. The van der Waals surface area contributed by atoms with Crippen molar-refractivity contribution in [3.63, 3.8) is 0 Å². The van der Waals surface area contributed by atoms with Crippen molar-refractivity contribution >= 4 is 52.9 Å². The van der Waals surface area contributed by atoms with Crippen molar-refractivity contribution in [2.24, 2.45) is 4.99 Å². The van der Waals surface area contributed by atoms with E-state index in [4.69, 9.17) is 21.1 Å². The molecule has 0 fully saturated rings. The fraction of sp³-hybridized carbons (Fsp3) is 0.471. The van der Waals surface area contributed by atoms with Crippen LogP contribution in [0.4, 0.5) is 0 Å². The minimum Gasteiger partial charge on any atom is -0.475 e. The summed E-state index contributed by atoms with van der Waals surface area (Å²) in [5.41, 5.74) is 0.982. The molecule has 0 saturated heterocycles. The largest absolute Gasteiger partial charge is 0.475 e. The highest BCUT2D eigenvalue weighted by Crippen LogP contribution is 2.21. The molecule has 1 atom stereocenters. The number of halogens is 2. The Morgan fingerprint density at radius 1 is 1.48 bits per heavy atom. The molecule has 0 aliphatic carbocycles. The van der Waals surface area contributed by atoms with E-state index in [1.165, 1.54) is 0 Å². The Morgan fingerprint density at radius 3 is 2.93 bits per heavy atom. The van der Waals surface area contributed by atoms with Crippen molar-refractivity contribution in [2.75, 3.05) is 34.4 Å². The second-order valence-corrected chi connectivity index (χ2v) is 6.82. The Morgan fingerprint density at radius 2 is 2.26 bits per heavy atom. The molecule has 10 heteroatoms. The van der Waals surface area contributed by atoms with E-state index in [0.717, 1.165) is 16.7 Å². The molecule has 2 heterocycles. The third-order valence-electron chi connectivity index (χ3n) is 3.59. The van der Waals surface area contributed by atoms with Gasteiger partial charge >= 0.3 is 0 Å². The van der Waals surface area contributed by atoms with Crippen LogP contribution in [0.3, 0.4) is 0 Å². The van der Waals surface area contributed by atoms with Gasteiger partial charge in [0.05, 0.1) is 18.8 Å². The van der Waals surface area contributed by atoms with Gasteiger partial charge in [-0.05, 0) is 19.1 Å². The fourth-order valence-electron chi connectivity index (χ4n) is 2.17. The van der Waals surface area contributed by atoms with Gasteiger partial charge in [-0.25, -0.2) is 9.97 Å².